The molecule has 2 aromatic rings. The van der Waals surface area contributed by atoms with Gasteiger partial charge in [0.15, 0.2) is 0 Å². The summed E-state index contributed by atoms with van der Waals surface area (Å²) in [5.74, 6) is -0.783. The molecule has 3 atom stereocenters. The second kappa shape index (κ2) is 7.17. The zero-order valence-corrected chi connectivity index (χ0v) is 16.3. The van der Waals surface area contributed by atoms with Crippen LogP contribution >= 0.6 is 0 Å². The van der Waals surface area contributed by atoms with Gasteiger partial charge in [-0.3, -0.25) is 9.69 Å². The normalized spacial score (nSPS) is 24.5. The van der Waals surface area contributed by atoms with Crippen LogP contribution in [0.4, 0.5) is 8.78 Å². The molecule has 6 heteroatoms. The lowest BCUT2D eigenvalue weighted by molar-refractivity contribution is 0.0758. The third-order valence-corrected chi connectivity index (χ3v) is 6.14. The summed E-state index contributed by atoms with van der Waals surface area (Å²) in [6, 6.07) is 10.7. The maximum atomic E-state index is 14.4. The van der Waals surface area contributed by atoms with E-state index in [2.05, 4.69) is 11.9 Å². The van der Waals surface area contributed by atoms with Crippen molar-refractivity contribution in [1.29, 1.82) is 0 Å². The predicted molar refractivity (Wildman–Crippen MR) is 102 cm³/mol. The molecule has 0 spiro atoms. The van der Waals surface area contributed by atoms with Crippen LogP contribution in [0.3, 0.4) is 0 Å². The lowest BCUT2D eigenvalue weighted by Gasteiger charge is -2.27. The van der Waals surface area contributed by atoms with Crippen molar-refractivity contribution in [1.82, 2.24) is 9.80 Å². The molecule has 0 unspecified atom stereocenters. The summed E-state index contributed by atoms with van der Waals surface area (Å²) in [5, 5.41) is 0. The molecule has 0 aliphatic carbocycles. The van der Waals surface area contributed by atoms with Gasteiger partial charge in [0.25, 0.3) is 5.91 Å². The minimum atomic E-state index is -0.797. The zero-order valence-electron chi connectivity index (χ0n) is 16.3. The highest BCUT2D eigenvalue weighted by atomic mass is 19.1. The summed E-state index contributed by atoms with van der Waals surface area (Å²) in [6.45, 7) is 3.41. The van der Waals surface area contributed by atoms with Gasteiger partial charge in [-0.05, 0) is 49.2 Å². The second-order valence-corrected chi connectivity index (χ2v) is 7.84. The molecule has 0 N–H and O–H groups in total. The van der Waals surface area contributed by atoms with Crippen molar-refractivity contribution in [2.24, 2.45) is 11.8 Å². The van der Waals surface area contributed by atoms with Gasteiger partial charge in [0.05, 0.1) is 7.11 Å². The van der Waals surface area contributed by atoms with E-state index in [1.165, 1.54) is 6.07 Å². The fourth-order valence-corrected chi connectivity index (χ4v) is 4.74. The van der Waals surface area contributed by atoms with Crippen LogP contribution in [-0.4, -0.2) is 49.5 Å². The van der Waals surface area contributed by atoms with E-state index in [1.54, 1.807) is 18.9 Å². The first-order valence-electron chi connectivity index (χ1n) is 9.48. The quantitative estimate of drug-likeness (QED) is 0.807. The number of carbonyl (C=O) groups is 1. The number of halogens is 2. The van der Waals surface area contributed by atoms with Gasteiger partial charge in [-0.2, -0.15) is 0 Å². The number of carbonyl (C=O) groups excluding carboxylic acids is 1. The number of aryl methyl sites for hydroxylation is 1. The van der Waals surface area contributed by atoms with Crippen LogP contribution < -0.4 is 4.74 Å². The van der Waals surface area contributed by atoms with Crippen LogP contribution in [0.5, 0.6) is 5.75 Å². The first-order chi connectivity index (χ1) is 13.4. The van der Waals surface area contributed by atoms with Gasteiger partial charge >= 0.3 is 0 Å². The van der Waals surface area contributed by atoms with Gasteiger partial charge in [-0.25, -0.2) is 8.78 Å². The number of amides is 1. The van der Waals surface area contributed by atoms with Crippen LogP contribution in [0.15, 0.2) is 36.4 Å². The van der Waals surface area contributed by atoms with E-state index in [0.717, 1.165) is 23.9 Å². The number of likely N-dealkylation sites (tertiary alicyclic amines) is 2. The van der Waals surface area contributed by atoms with Crippen LogP contribution in [0, 0.1) is 30.4 Å². The Morgan fingerprint density at radius 2 is 1.79 bits per heavy atom. The highest BCUT2D eigenvalue weighted by molar-refractivity contribution is 5.95. The van der Waals surface area contributed by atoms with Crippen molar-refractivity contribution >= 4 is 5.91 Å². The number of rotatable bonds is 3. The van der Waals surface area contributed by atoms with E-state index in [0.29, 0.717) is 13.1 Å². The molecular formula is C22H24F2N2O2. The Morgan fingerprint density at radius 1 is 1.07 bits per heavy atom. The highest BCUT2D eigenvalue weighted by Crippen LogP contribution is 2.44. The molecule has 148 valence electrons. The molecule has 2 aliphatic heterocycles. The standard InChI is InChI=1S/C22H24F2N2O2/c1-13-4-9-18(23)19(20(13)24)22(27)26-11-15-10-25(2)21(17(15)12-26)14-5-7-16(28-3)8-6-14/h4-9,15,17,21H,10-12H2,1-3H3/t15-,17+,21-/m0/s1. The second-order valence-electron chi connectivity index (χ2n) is 7.84. The third kappa shape index (κ3) is 3.05. The average Bonchev–Trinajstić information content (AvgIpc) is 3.21. The number of hydrogen-bond donors (Lipinski definition) is 0. The monoisotopic (exact) mass is 386 g/mol. The zero-order chi connectivity index (χ0) is 20.0. The van der Waals surface area contributed by atoms with E-state index in [9.17, 15) is 13.6 Å². The van der Waals surface area contributed by atoms with E-state index in [-0.39, 0.29) is 23.4 Å². The predicted octanol–water partition coefficient (Wildman–Crippen LogP) is 3.66. The Labute approximate surface area is 163 Å². The van der Waals surface area contributed by atoms with E-state index in [1.807, 2.05) is 24.3 Å². The van der Waals surface area contributed by atoms with Crippen LogP contribution in [0.2, 0.25) is 0 Å². The third-order valence-electron chi connectivity index (χ3n) is 6.14. The molecule has 4 rings (SSSR count). The van der Waals surface area contributed by atoms with Gasteiger partial charge in [0, 0.05) is 31.6 Å². The van der Waals surface area contributed by atoms with E-state index in [4.69, 9.17) is 4.74 Å². The van der Waals surface area contributed by atoms with Crippen molar-refractivity contribution in [2.45, 2.75) is 13.0 Å². The smallest absolute Gasteiger partial charge is 0.259 e. The summed E-state index contributed by atoms with van der Waals surface area (Å²) < 4.78 is 33.9. The molecule has 0 saturated carbocycles. The Bertz CT molecular complexity index is 900. The molecule has 2 fully saturated rings. The fourth-order valence-electron chi connectivity index (χ4n) is 4.74. The van der Waals surface area contributed by atoms with E-state index < -0.39 is 23.1 Å². The number of methoxy groups -OCH3 is 1. The summed E-state index contributed by atoms with van der Waals surface area (Å²) in [6.07, 6.45) is 0. The van der Waals surface area contributed by atoms with Crippen LogP contribution in [0.1, 0.15) is 27.5 Å². The maximum absolute atomic E-state index is 14.4. The van der Waals surface area contributed by atoms with Gasteiger partial charge in [-0.1, -0.05) is 18.2 Å². The molecule has 2 aromatic carbocycles. The Morgan fingerprint density at radius 3 is 2.46 bits per heavy atom. The molecule has 0 bridgehead atoms. The number of fused-ring (bicyclic) bond motifs is 1. The van der Waals surface area contributed by atoms with Crippen molar-refractivity contribution in [3.8, 4) is 5.75 Å². The SMILES string of the molecule is COc1ccc([C@H]2[C@@H]3CN(C(=O)c4c(F)ccc(C)c4F)C[C@@H]3CN2C)cc1. The molecule has 1 amide bonds. The molecule has 0 radical (unpaired) electrons. The summed E-state index contributed by atoms with van der Waals surface area (Å²) in [7, 11) is 3.72. The fraction of sp³-hybridized carbons (Fsp3) is 0.409. The van der Waals surface area contributed by atoms with Gasteiger partial charge in [0.2, 0.25) is 0 Å². The summed E-state index contributed by atoms with van der Waals surface area (Å²) in [4.78, 5) is 16.8. The molecule has 2 heterocycles. The molecular weight excluding hydrogens is 362 g/mol. The van der Waals surface area contributed by atoms with Gasteiger partial charge in [-0.15, -0.1) is 0 Å². The topological polar surface area (TPSA) is 32.8 Å². The molecule has 28 heavy (non-hydrogen) atoms. The maximum Gasteiger partial charge on any atom is 0.259 e. The first kappa shape index (κ1) is 18.9. The van der Waals surface area contributed by atoms with E-state index >= 15 is 0 Å². The Kier molecular flexibility index (Phi) is 4.83. The Hall–Kier alpha value is -2.47. The van der Waals surface area contributed by atoms with Gasteiger partial charge < -0.3 is 9.64 Å². The minimum Gasteiger partial charge on any atom is -0.497 e. The van der Waals surface area contributed by atoms with Crippen molar-refractivity contribution in [2.75, 3.05) is 33.8 Å². The number of ether oxygens (including phenoxy) is 1. The summed E-state index contributed by atoms with van der Waals surface area (Å²) >= 11 is 0. The van der Waals surface area contributed by atoms with Crippen molar-refractivity contribution in [3.63, 3.8) is 0 Å². The number of nitrogens with zero attached hydrogens (tertiary/aromatic N) is 2. The van der Waals surface area contributed by atoms with Crippen molar-refractivity contribution in [3.05, 3.63) is 64.7 Å². The molecule has 0 aromatic heterocycles. The molecule has 2 saturated heterocycles. The first-order valence-corrected chi connectivity index (χ1v) is 9.48. The largest absolute Gasteiger partial charge is 0.497 e. The lowest BCUT2D eigenvalue weighted by atomic mass is 9.89. The van der Waals surface area contributed by atoms with Crippen molar-refractivity contribution < 1.29 is 18.3 Å². The molecule has 2 aliphatic rings. The van der Waals surface area contributed by atoms with Gasteiger partial charge in [0.1, 0.15) is 22.9 Å². The Balaban J connectivity index is 1.58. The lowest BCUT2D eigenvalue weighted by Crippen LogP contribution is -2.34. The van der Waals surface area contributed by atoms with Crippen LogP contribution in [0.25, 0.3) is 0 Å². The van der Waals surface area contributed by atoms with Crippen LogP contribution in [-0.2, 0) is 0 Å². The summed E-state index contributed by atoms with van der Waals surface area (Å²) in [5.41, 5.74) is 1.01. The molecule has 4 nitrogen and oxygen atoms in total. The highest BCUT2D eigenvalue weighted by Gasteiger charge is 2.47. The average molecular weight is 386 g/mol. The number of benzene rings is 2. The minimum absolute atomic E-state index is 0.168. The number of hydrogen-bond acceptors (Lipinski definition) is 3.